The Bertz CT molecular complexity index is 442. The fraction of sp³-hybridized carbons (Fsp3) is 0.696. The molecule has 0 amide bonds. The first-order valence-electron chi connectivity index (χ1n) is 10.9. The first-order chi connectivity index (χ1) is 12.9. The van der Waals surface area contributed by atoms with Crippen molar-refractivity contribution >= 4 is 11.9 Å². The van der Waals surface area contributed by atoms with Gasteiger partial charge in [-0.1, -0.05) is 108 Å². The summed E-state index contributed by atoms with van der Waals surface area (Å²) in [6.45, 7) is 3.32. The Morgan fingerprint density at radius 3 is 1.65 bits per heavy atom. The highest BCUT2D eigenvalue weighted by atomic mass is 16.4. The van der Waals surface area contributed by atoms with Gasteiger partial charge in [0.1, 0.15) is 0 Å². The quantitative estimate of drug-likeness (QED) is 0.132. The zero-order valence-electron chi connectivity index (χ0n) is 16.9. The molecule has 1 rings (SSSR count). The van der Waals surface area contributed by atoms with Gasteiger partial charge in [-0.25, -0.2) is 0 Å². The largest absolute Gasteiger partial charge is 0.411 e. The van der Waals surface area contributed by atoms with Crippen LogP contribution in [0.2, 0.25) is 0 Å². The van der Waals surface area contributed by atoms with Gasteiger partial charge < -0.3 is 10.5 Å². The van der Waals surface area contributed by atoms with Crippen LogP contribution in [0.4, 0.5) is 5.69 Å². The van der Waals surface area contributed by atoms with E-state index in [0.717, 1.165) is 17.8 Å². The predicted molar refractivity (Wildman–Crippen MR) is 115 cm³/mol. The van der Waals surface area contributed by atoms with Crippen LogP contribution >= 0.6 is 0 Å². The van der Waals surface area contributed by atoms with Crippen LogP contribution < -0.4 is 5.32 Å². The van der Waals surface area contributed by atoms with E-state index in [1.807, 2.05) is 24.3 Å². The lowest BCUT2D eigenvalue weighted by Gasteiger charge is -2.07. The van der Waals surface area contributed by atoms with Crippen LogP contribution in [-0.2, 0) is 0 Å². The zero-order valence-corrected chi connectivity index (χ0v) is 16.9. The van der Waals surface area contributed by atoms with Crippen molar-refractivity contribution in [3.05, 3.63) is 29.8 Å². The van der Waals surface area contributed by atoms with Crippen LogP contribution in [-0.4, -0.2) is 18.0 Å². The number of anilines is 1. The molecule has 0 aliphatic carbocycles. The van der Waals surface area contributed by atoms with Gasteiger partial charge in [0.25, 0.3) is 0 Å². The Balaban J connectivity index is 1.82. The third-order valence-corrected chi connectivity index (χ3v) is 4.98. The number of rotatable bonds is 17. The molecule has 0 aromatic heterocycles. The van der Waals surface area contributed by atoms with E-state index in [1.54, 1.807) is 0 Å². The fourth-order valence-corrected chi connectivity index (χ4v) is 3.31. The number of benzene rings is 1. The SMILES string of the molecule is CCCCCCCCCCCCCCCCNc1ccc(/C=N/O)cc1. The van der Waals surface area contributed by atoms with Crippen molar-refractivity contribution in [2.75, 3.05) is 11.9 Å². The third-order valence-electron chi connectivity index (χ3n) is 4.98. The minimum atomic E-state index is 0.912. The summed E-state index contributed by atoms with van der Waals surface area (Å²) in [5.74, 6) is 0. The molecule has 0 fully saturated rings. The molecule has 0 bridgehead atoms. The molecule has 148 valence electrons. The van der Waals surface area contributed by atoms with Crippen molar-refractivity contribution in [3.63, 3.8) is 0 Å². The summed E-state index contributed by atoms with van der Waals surface area (Å²) in [4.78, 5) is 0. The highest BCUT2D eigenvalue weighted by Gasteiger charge is 1.95. The Kier molecular flexibility index (Phi) is 14.7. The van der Waals surface area contributed by atoms with Gasteiger partial charge in [0.05, 0.1) is 6.21 Å². The van der Waals surface area contributed by atoms with Gasteiger partial charge in [0.15, 0.2) is 0 Å². The molecule has 3 heteroatoms. The highest BCUT2D eigenvalue weighted by molar-refractivity contribution is 5.79. The topological polar surface area (TPSA) is 44.6 Å². The molecule has 0 radical (unpaired) electrons. The van der Waals surface area contributed by atoms with Gasteiger partial charge in [-0.2, -0.15) is 0 Å². The van der Waals surface area contributed by atoms with Crippen molar-refractivity contribution in [2.45, 2.75) is 96.8 Å². The zero-order chi connectivity index (χ0) is 18.7. The van der Waals surface area contributed by atoms with Crippen molar-refractivity contribution in [1.29, 1.82) is 0 Å². The van der Waals surface area contributed by atoms with Crippen molar-refractivity contribution in [3.8, 4) is 0 Å². The number of hydrogen-bond donors (Lipinski definition) is 2. The highest BCUT2D eigenvalue weighted by Crippen LogP contribution is 2.13. The molecule has 26 heavy (non-hydrogen) atoms. The fourth-order valence-electron chi connectivity index (χ4n) is 3.31. The maximum absolute atomic E-state index is 8.49. The van der Waals surface area contributed by atoms with Crippen molar-refractivity contribution < 1.29 is 5.21 Å². The predicted octanol–water partition coefficient (Wildman–Crippen LogP) is 7.39. The van der Waals surface area contributed by atoms with Gasteiger partial charge in [0, 0.05) is 12.2 Å². The van der Waals surface area contributed by atoms with Crippen LogP contribution in [0.1, 0.15) is 102 Å². The molecule has 0 heterocycles. The van der Waals surface area contributed by atoms with E-state index in [-0.39, 0.29) is 0 Å². The van der Waals surface area contributed by atoms with E-state index in [1.165, 1.54) is 96.1 Å². The number of hydrogen-bond acceptors (Lipinski definition) is 3. The molecule has 0 saturated heterocycles. The Morgan fingerprint density at radius 2 is 1.19 bits per heavy atom. The average molecular weight is 361 g/mol. The lowest BCUT2D eigenvalue weighted by Crippen LogP contribution is -2.01. The standard InChI is InChI=1S/C23H40N2O/c1-2-3-4-5-6-7-8-9-10-11-12-13-14-15-20-24-23-18-16-22(17-19-23)21-25-26/h16-19,21,24,26H,2-15,20H2,1H3/b25-21+. The number of unbranched alkanes of at least 4 members (excludes halogenated alkanes) is 13. The molecule has 1 aromatic carbocycles. The summed E-state index contributed by atoms with van der Waals surface area (Å²) in [5, 5.41) is 15.0. The molecule has 0 atom stereocenters. The minimum Gasteiger partial charge on any atom is -0.411 e. The average Bonchev–Trinajstić information content (AvgIpc) is 2.66. The normalized spacial score (nSPS) is 11.3. The molecule has 3 nitrogen and oxygen atoms in total. The first kappa shape index (κ1) is 22.5. The van der Waals surface area contributed by atoms with Crippen LogP contribution in [0.3, 0.4) is 0 Å². The van der Waals surface area contributed by atoms with E-state index >= 15 is 0 Å². The van der Waals surface area contributed by atoms with Crippen molar-refractivity contribution in [1.82, 2.24) is 0 Å². The summed E-state index contributed by atoms with van der Waals surface area (Å²) < 4.78 is 0. The summed E-state index contributed by atoms with van der Waals surface area (Å²) in [6.07, 6.45) is 21.0. The molecule has 1 aromatic rings. The van der Waals surface area contributed by atoms with Crippen LogP contribution in [0.15, 0.2) is 29.4 Å². The van der Waals surface area contributed by atoms with E-state index in [0.29, 0.717) is 0 Å². The Labute approximate surface area is 161 Å². The molecule has 0 aliphatic heterocycles. The summed E-state index contributed by atoms with van der Waals surface area (Å²) in [5.41, 5.74) is 2.05. The second kappa shape index (κ2) is 16.9. The molecule has 0 aliphatic rings. The monoisotopic (exact) mass is 360 g/mol. The first-order valence-corrected chi connectivity index (χ1v) is 10.9. The molecular formula is C23H40N2O. The molecule has 0 spiro atoms. The Hall–Kier alpha value is -1.51. The number of oxime groups is 1. The molecule has 0 saturated carbocycles. The second-order valence-corrected chi connectivity index (χ2v) is 7.39. The van der Waals surface area contributed by atoms with Crippen LogP contribution in [0, 0.1) is 0 Å². The van der Waals surface area contributed by atoms with E-state index in [4.69, 9.17) is 5.21 Å². The summed E-state index contributed by atoms with van der Waals surface area (Å²) >= 11 is 0. The van der Waals surface area contributed by atoms with Gasteiger partial charge >= 0.3 is 0 Å². The number of nitrogens with one attached hydrogen (secondary N) is 1. The summed E-state index contributed by atoms with van der Waals surface area (Å²) in [6, 6.07) is 7.96. The van der Waals surface area contributed by atoms with Crippen molar-refractivity contribution in [2.24, 2.45) is 5.16 Å². The molecule has 0 unspecified atom stereocenters. The molecular weight excluding hydrogens is 320 g/mol. The second-order valence-electron chi connectivity index (χ2n) is 7.39. The van der Waals surface area contributed by atoms with Gasteiger partial charge in [-0.05, 0) is 24.1 Å². The smallest absolute Gasteiger partial charge is 0.0733 e. The molecule has 2 N–H and O–H groups in total. The maximum atomic E-state index is 8.49. The lowest BCUT2D eigenvalue weighted by atomic mass is 10.0. The minimum absolute atomic E-state index is 0.912. The van der Waals surface area contributed by atoms with Gasteiger partial charge in [0.2, 0.25) is 0 Å². The van der Waals surface area contributed by atoms with E-state index < -0.39 is 0 Å². The summed E-state index contributed by atoms with van der Waals surface area (Å²) in [7, 11) is 0. The van der Waals surface area contributed by atoms with E-state index in [2.05, 4.69) is 17.4 Å². The maximum Gasteiger partial charge on any atom is 0.0733 e. The van der Waals surface area contributed by atoms with Crippen LogP contribution in [0.5, 0.6) is 0 Å². The van der Waals surface area contributed by atoms with E-state index in [9.17, 15) is 0 Å². The number of nitrogens with zero attached hydrogens (tertiary/aromatic N) is 1. The Morgan fingerprint density at radius 1 is 0.731 bits per heavy atom. The van der Waals surface area contributed by atoms with Gasteiger partial charge in [-0.3, -0.25) is 0 Å². The van der Waals surface area contributed by atoms with Crippen LogP contribution in [0.25, 0.3) is 0 Å². The van der Waals surface area contributed by atoms with Gasteiger partial charge in [-0.15, -0.1) is 0 Å². The third kappa shape index (κ3) is 12.8. The lowest BCUT2D eigenvalue weighted by molar-refractivity contribution is 0.322.